The number of hydrogen-bond acceptors (Lipinski definition) is 4. The third kappa shape index (κ3) is 3.66. The molecule has 3 aromatic rings. The van der Waals surface area contributed by atoms with Crippen LogP contribution in [0.4, 0.5) is 5.69 Å². The lowest BCUT2D eigenvalue weighted by molar-refractivity contribution is -0.110. The standard InChI is InChI=1S/C23H22N4O2/c28-23(19-14-21(29-26-19)16-7-2-1-3-8-16)24-18-10-6-9-17(13-18)20-15-27-12-5-4-11-22(27)25-20/h1-3,6-10,13,15,21H,4-5,11-12,14H2,(H,24,28). The number of fused-ring (bicyclic) bond motifs is 1. The highest BCUT2D eigenvalue weighted by Gasteiger charge is 2.27. The van der Waals surface area contributed by atoms with Crippen LogP contribution >= 0.6 is 0 Å². The van der Waals surface area contributed by atoms with E-state index in [2.05, 4.69) is 21.2 Å². The summed E-state index contributed by atoms with van der Waals surface area (Å²) in [6.45, 7) is 1.03. The van der Waals surface area contributed by atoms with E-state index < -0.39 is 0 Å². The zero-order valence-electron chi connectivity index (χ0n) is 16.0. The summed E-state index contributed by atoms with van der Waals surface area (Å²) in [6.07, 6.45) is 5.78. The van der Waals surface area contributed by atoms with Crippen LogP contribution in [-0.4, -0.2) is 21.2 Å². The van der Waals surface area contributed by atoms with E-state index in [1.54, 1.807) is 0 Å². The van der Waals surface area contributed by atoms with Crippen molar-refractivity contribution >= 4 is 17.3 Å². The van der Waals surface area contributed by atoms with Gasteiger partial charge in [0, 0.05) is 36.8 Å². The molecule has 6 nitrogen and oxygen atoms in total. The number of carbonyl (C=O) groups excluding carboxylic acids is 1. The van der Waals surface area contributed by atoms with Gasteiger partial charge >= 0.3 is 0 Å². The van der Waals surface area contributed by atoms with Crippen LogP contribution in [0.1, 0.15) is 36.8 Å². The Morgan fingerprint density at radius 1 is 1.10 bits per heavy atom. The second-order valence-corrected chi connectivity index (χ2v) is 7.47. The van der Waals surface area contributed by atoms with Crippen molar-refractivity contribution in [3.05, 3.63) is 72.2 Å². The summed E-state index contributed by atoms with van der Waals surface area (Å²) in [7, 11) is 0. The van der Waals surface area contributed by atoms with Gasteiger partial charge in [0.05, 0.1) is 5.69 Å². The number of aromatic nitrogens is 2. The van der Waals surface area contributed by atoms with Gasteiger partial charge in [-0.25, -0.2) is 4.98 Å². The third-order valence-electron chi connectivity index (χ3n) is 5.43. The highest BCUT2D eigenvalue weighted by Crippen LogP contribution is 2.28. The predicted molar refractivity (Wildman–Crippen MR) is 112 cm³/mol. The van der Waals surface area contributed by atoms with Crippen LogP contribution in [0.3, 0.4) is 0 Å². The molecule has 1 amide bonds. The molecule has 0 radical (unpaired) electrons. The minimum absolute atomic E-state index is 0.208. The largest absolute Gasteiger partial charge is 0.387 e. The van der Waals surface area contributed by atoms with Crippen molar-refractivity contribution in [2.24, 2.45) is 5.16 Å². The molecule has 0 saturated heterocycles. The lowest BCUT2D eigenvalue weighted by Crippen LogP contribution is -2.21. The zero-order valence-corrected chi connectivity index (χ0v) is 16.0. The number of carbonyl (C=O) groups is 1. The van der Waals surface area contributed by atoms with Crippen LogP contribution in [0.25, 0.3) is 11.3 Å². The fraction of sp³-hybridized carbons (Fsp3) is 0.261. The maximum absolute atomic E-state index is 12.7. The molecule has 1 aromatic heterocycles. The summed E-state index contributed by atoms with van der Waals surface area (Å²) >= 11 is 0. The fourth-order valence-corrected chi connectivity index (χ4v) is 3.87. The zero-order chi connectivity index (χ0) is 19.6. The number of nitrogens with zero attached hydrogens (tertiary/aromatic N) is 3. The Balaban J connectivity index is 1.28. The van der Waals surface area contributed by atoms with Crippen LogP contribution in [0.2, 0.25) is 0 Å². The smallest absolute Gasteiger partial charge is 0.273 e. The van der Waals surface area contributed by atoms with Gasteiger partial charge in [0.1, 0.15) is 11.5 Å². The maximum Gasteiger partial charge on any atom is 0.273 e. The number of rotatable bonds is 4. The number of imidazole rings is 1. The lowest BCUT2D eigenvalue weighted by atomic mass is 10.0. The van der Waals surface area contributed by atoms with E-state index in [-0.39, 0.29) is 12.0 Å². The van der Waals surface area contributed by atoms with E-state index in [0.717, 1.165) is 41.3 Å². The summed E-state index contributed by atoms with van der Waals surface area (Å²) < 4.78 is 2.23. The van der Waals surface area contributed by atoms with E-state index in [1.165, 1.54) is 12.8 Å². The van der Waals surface area contributed by atoms with Crippen molar-refractivity contribution in [2.75, 3.05) is 5.32 Å². The molecule has 2 aromatic carbocycles. The van der Waals surface area contributed by atoms with Gasteiger partial charge < -0.3 is 14.7 Å². The first-order valence-corrected chi connectivity index (χ1v) is 10.0. The Morgan fingerprint density at radius 2 is 2.00 bits per heavy atom. The van der Waals surface area contributed by atoms with Gasteiger partial charge in [-0.2, -0.15) is 0 Å². The van der Waals surface area contributed by atoms with Crippen molar-refractivity contribution in [3.8, 4) is 11.3 Å². The van der Waals surface area contributed by atoms with Crippen LogP contribution in [-0.2, 0) is 22.6 Å². The molecular weight excluding hydrogens is 364 g/mol. The molecule has 0 spiro atoms. The van der Waals surface area contributed by atoms with Crippen molar-refractivity contribution in [1.82, 2.24) is 9.55 Å². The van der Waals surface area contributed by atoms with E-state index in [4.69, 9.17) is 9.82 Å². The quantitative estimate of drug-likeness (QED) is 0.725. The average Bonchev–Trinajstić information content (AvgIpc) is 3.42. The Kier molecular flexibility index (Phi) is 4.60. The number of aryl methyl sites for hydroxylation is 2. The lowest BCUT2D eigenvalue weighted by Gasteiger charge is -2.11. The minimum Gasteiger partial charge on any atom is -0.387 e. The van der Waals surface area contributed by atoms with E-state index >= 15 is 0 Å². The first-order valence-electron chi connectivity index (χ1n) is 10.0. The molecule has 2 aliphatic rings. The van der Waals surface area contributed by atoms with Crippen LogP contribution < -0.4 is 5.32 Å². The molecule has 0 aliphatic carbocycles. The Bertz CT molecular complexity index is 1050. The molecule has 5 rings (SSSR count). The molecule has 1 N–H and O–H groups in total. The summed E-state index contributed by atoms with van der Waals surface area (Å²) in [5.74, 6) is 0.912. The molecule has 1 atom stereocenters. The first kappa shape index (κ1) is 17.7. The van der Waals surface area contributed by atoms with E-state index in [1.807, 2.05) is 54.6 Å². The topological polar surface area (TPSA) is 68.5 Å². The highest BCUT2D eigenvalue weighted by molar-refractivity contribution is 6.43. The van der Waals surface area contributed by atoms with Crippen LogP contribution in [0.5, 0.6) is 0 Å². The fourth-order valence-electron chi connectivity index (χ4n) is 3.87. The molecule has 3 heterocycles. The van der Waals surface area contributed by atoms with Crippen molar-refractivity contribution in [1.29, 1.82) is 0 Å². The van der Waals surface area contributed by atoms with Crippen LogP contribution in [0.15, 0.2) is 65.9 Å². The molecule has 146 valence electrons. The predicted octanol–water partition coefficient (Wildman–Crippen LogP) is 4.34. The van der Waals surface area contributed by atoms with E-state index in [9.17, 15) is 4.79 Å². The van der Waals surface area contributed by atoms with Gasteiger partial charge in [-0.05, 0) is 30.5 Å². The summed E-state index contributed by atoms with van der Waals surface area (Å²) in [4.78, 5) is 22.9. The number of anilines is 1. The molecule has 0 fully saturated rings. The van der Waals surface area contributed by atoms with Crippen molar-refractivity contribution in [2.45, 2.75) is 38.3 Å². The van der Waals surface area contributed by atoms with Gasteiger partial charge in [-0.1, -0.05) is 47.6 Å². The summed E-state index contributed by atoms with van der Waals surface area (Å²) in [5, 5.41) is 6.95. The third-order valence-corrected chi connectivity index (χ3v) is 5.43. The Hall–Kier alpha value is -3.41. The highest BCUT2D eigenvalue weighted by atomic mass is 16.6. The Labute approximate surface area is 169 Å². The molecule has 1 unspecified atom stereocenters. The van der Waals surface area contributed by atoms with Gasteiger partial charge in [-0.3, -0.25) is 4.79 Å². The van der Waals surface area contributed by atoms with Crippen molar-refractivity contribution in [3.63, 3.8) is 0 Å². The average molecular weight is 386 g/mol. The first-order chi connectivity index (χ1) is 14.3. The summed E-state index contributed by atoms with van der Waals surface area (Å²) in [6, 6.07) is 17.6. The van der Waals surface area contributed by atoms with Crippen molar-refractivity contribution < 1.29 is 9.63 Å². The SMILES string of the molecule is O=C(Nc1cccc(-c2cn3c(n2)CCCC3)c1)C1=NOC(c2ccccc2)C1. The number of benzene rings is 2. The molecular formula is C23H22N4O2. The minimum atomic E-state index is -0.232. The van der Waals surface area contributed by atoms with Gasteiger partial charge in [0.2, 0.25) is 0 Å². The molecule has 0 bridgehead atoms. The molecule has 2 aliphatic heterocycles. The molecule has 0 saturated carbocycles. The van der Waals surface area contributed by atoms with Gasteiger partial charge in [-0.15, -0.1) is 0 Å². The second-order valence-electron chi connectivity index (χ2n) is 7.47. The number of nitrogens with one attached hydrogen (secondary N) is 1. The molecule has 29 heavy (non-hydrogen) atoms. The van der Waals surface area contributed by atoms with E-state index in [0.29, 0.717) is 12.1 Å². The maximum atomic E-state index is 12.7. The second kappa shape index (κ2) is 7.54. The number of amides is 1. The van der Waals surface area contributed by atoms with Gasteiger partial charge in [0.15, 0.2) is 6.10 Å². The Morgan fingerprint density at radius 3 is 2.86 bits per heavy atom. The normalized spacial score (nSPS) is 17.9. The van der Waals surface area contributed by atoms with Gasteiger partial charge in [0.25, 0.3) is 5.91 Å². The number of hydrogen-bond donors (Lipinski definition) is 1. The molecule has 6 heteroatoms. The van der Waals surface area contributed by atoms with Crippen LogP contribution in [0, 0.1) is 0 Å². The number of oxime groups is 1. The monoisotopic (exact) mass is 386 g/mol. The summed E-state index contributed by atoms with van der Waals surface area (Å²) in [5.41, 5.74) is 4.09.